The van der Waals surface area contributed by atoms with Crippen LogP contribution in [0.15, 0.2) is 0 Å². The van der Waals surface area contributed by atoms with Gasteiger partial charge in [0, 0.05) is 13.1 Å². The quantitative estimate of drug-likeness (QED) is 0.574. The van der Waals surface area contributed by atoms with E-state index in [-0.39, 0.29) is 30.1 Å². The second-order valence-electron chi connectivity index (χ2n) is 7.54. The van der Waals surface area contributed by atoms with Gasteiger partial charge in [0.05, 0.1) is 24.4 Å². The maximum Gasteiger partial charge on any atom is 0.319 e. The average Bonchev–Trinajstić information content (AvgIpc) is 2.24. The van der Waals surface area contributed by atoms with E-state index in [1.165, 1.54) is 0 Å². The topological polar surface area (TPSA) is 55.8 Å². The van der Waals surface area contributed by atoms with E-state index in [0.717, 1.165) is 0 Å². The predicted octanol–water partition coefficient (Wildman–Crippen LogP) is 2.03. The highest BCUT2D eigenvalue weighted by Gasteiger charge is 2.42. The van der Waals surface area contributed by atoms with E-state index in [0.29, 0.717) is 13.1 Å². The molecule has 1 aliphatic rings. The molecular formula is C16H29NO4. The lowest BCUT2D eigenvalue weighted by atomic mass is 9.87. The Balaban J connectivity index is 2.76. The fourth-order valence-corrected chi connectivity index (χ4v) is 2.88. The molecule has 21 heavy (non-hydrogen) atoms. The molecule has 0 bridgehead atoms. The number of esters is 1. The molecule has 0 N–H and O–H groups in total. The summed E-state index contributed by atoms with van der Waals surface area (Å²) in [5.74, 6) is -0.573. The van der Waals surface area contributed by atoms with E-state index < -0.39 is 11.4 Å². The van der Waals surface area contributed by atoms with Crippen LogP contribution in [-0.4, -0.2) is 54.1 Å². The van der Waals surface area contributed by atoms with Crippen molar-refractivity contribution in [2.45, 2.75) is 59.7 Å². The van der Waals surface area contributed by atoms with Gasteiger partial charge in [0.15, 0.2) is 5.78 Å². The summed E-state index contributed by atoms with van der Waals surface area (Å²) in [6, 6.07) is 0. The molecule has 0 unspecified atom stereocenters. The minimum absolute atomic E-state index is 0.116. The van der Waals surface area contributed by atoms with Crippen molar-refractivity contribution in [1.82, 2.24) is 4.90 Å². The molecule has 0 atom stereocenters. The molecule has 1 rings (SSSR count). The monoisotopic (exact) mass is 299 g/mol. The summed E-state index contributed by atoms with van der Waals surface area (Å²) in [6.07, 6.45) is 0. The molecular weight excluding hydrogens is 270 g/mol. The number of carbonyl (C=O) groups is 2. The van der Waals surface area contributed by atoms with Gasteiger partial charge in [0.25, 0.3) is 0 Å². The summed E-state index contributed by atoms with van der Waals surface area (Å²) >= 11 is 0. The summed E-state index contributed by atoms with van der Waals surface area (Å²) in [4.78, 5) is 26.5. The van der Waals surface area contributed by atoms with E-state index in [2.05, 4.69) is 4.90 Å². The van der Waals surface area contributed by atoms with Crippen molar-refractivity contribution >= 4 is 11.8 Å². The average molecular weight is 299 g/mol. The molecule has 5 heteroatoms. The summed E-state index contributed by atoms with van der Waals surface area (Å²) < 4.78 is 11.0. The van der Waals surface area contributed by atoms with Crippen molar-refractivity contribution < 1.29 is 19.1 Å². The number of Topliss-reactive ketones (excluding diaryl/α,β-unsaturated/α-hetero) is 1. The third-order valence-electron chi connectivity index (χ3n) is 3.61. The highest BCUT2D eigenvalue weighted by molar-refractivity contribution is 6.03. The molecule has 0 aromatic heterocycles. The molecule has 0 amide bonds. The number of ether oxygens (including phenoxy) is 2. The molecule has 122 valence electrons. The van der Waals surface area contributed by atoms with Crippen molar-refractivity contribution in [3.8, 4) is 0 Å². The molecule has 5 nitrogen and oxygen atoms in total. The van der Waals surface area contributed by atoms with E-state index in [4.69, 9.17) is 9.47 Å². The van der Waals surface area contributed by atoms with E-state index >= 15 is 0 Å². The molecule has 0 aromatic rings. The number of rotatable bonds is 5. The molecule has 1 heterocycles. The van der Waals surface area contributed by atoms with Gasteiger partial charge in [-0.15, -0.1) is 0 Å². The molecule has 1 aliphatic heterocycles. The van der Waals surface area contributed by atoms with Crippen LogP contribution in [0.1, 0.15) is 48.5 Å². The maximum absolute atomic E-state index is 12.5. The third kappa shape index (κ3) is 4.78. The van der Waals surface area contributed by atoms with Gasteiger partial charge in [-0.1, -0.05) is 0 Å². The zero-order valence-electron chi connectivity index (χ0n) is 14.4. The van der Waals surface area contributed by atoms with Crippen LogP contribution in [-0.2, 0) is 19.1 Å². The number of hydrogen-bond donors (Lipinski definition) is 0. The van der Waals surface area contributed by atoms with Gasteiger partial charge in [-0.25, -0.2) is 0 Å². The number of morpholine rings is 1. The second-order valence-corrected chi connectivity index (χ2v) is 7.54. The summed E-state index contributed by atoms with van der Waals surface area (Å²) in [5.41, 5.74) is -1.73. The summed E-state index contributed by atoms with van der Waals surface area (Å²) in [6.45, 7) is 14.9. The van der Waals surface area contributed by atoms with Crippen molar-refractivity contribution in [3.63, 3.8) is 0 Å². The Labute approximate surface area is 128 Å². The number of nitrogens with zero attached hydrogens (tertiary/aromatic N) is 1. The molecule has 0 aromatic carbocycles. The van der Waals surface area contributed by atoms with Crippen LogP contribution in [0.5, 0.6) is 0 Å². The first-order chi connectivity index (χ1) is 9.39. The van der Waals surface area contributed by atoms with Gasteiger partial charge in [-0.05, 0) is 48.5 Å². The Morgan fingerprint density at radius 3 is 2.05 bits per heavy atom. The Morgan fingerprint density at radius 1 is 1.14 bits per heavy atom. The summed E-state index contributed by atoms with van der Waals surface area (Å²) in [5, 5.41) is 0. The van der Waals surface area contributed by atoms with Gasteiger partial charge in [-0.3, -0.25) is 14.5 Å². The largest absolute Gasteiger partial charge is 0.465 e. The normalized spacial score (nSPS) is 21.9. The van der Waals surface area contributed by atoms with Crippen LogP contribution in [0.25, 0.3) is 0 Å². The van der Waals surface area contributed by atoms with Gasteiger partial charge < -0.3 is 9.47 Å². The fourth-order valence-electron chi connectivity index (χ4n) is 2.88. The first-order valence-corrected chi connectivity index (χ1v) is 7.53. The minimum atomic E-state index is -1.11. The van der Waals surface area contributed by atoms with Crippen molar-refractivity contribution in [1.29, 1.82) is 0 Å². The van der Waals surface area contributed by atoms with Crippen molar-refractivity contribution in [2.75, 3.05) is 26.2 Å². The van der Waals surface area contributed by atoms with Gasteiger partial charge in [-0.2, -0.15) is 0 Å². The van der Waals surface area contributed by atoms with Crippen molar-refractivity contribution in [3.05, 3.63) is 0 Å². The molecule has 1 saturated heterocycles. The van der Waals surface area contributed by atoms with Crippen LogP contribution in [0, 0.1) is 5.41 Å². The first-order valence-electron chi connectivity index (χ1n) is 7.53. The van der Waals surface area contributed by atoms with Crippen molar-refractivity contribution in [2.24, 2.45) is 5.41 Å². The number of hydrogen-bond acceptors (Lipinski definition) is 5. The molecule has 0 spiro atoms. The van der Waals surface area contributed by atoms with Crippen LogP contribution in [0.4, 0.5) is 0 Å². The molecule has 0 radical (unpaired) electrons. The third-order valence-corrected chi connectivity index (χ3v) is 3.61. The number of ketones is 1. The highest BCUT2D eigenvalue weighted by atomic mass is 16.5. The molecule has 0 saturated carbocycles. The Kier molecular flexibility index (Phi) is 5.22. The Morgan fingerprint density at radius 2 is 1.62 bits per heavy atom. The van der Waals surface area contributed by atoms with Gasteiger partial charge in [0.2, 0.25) is 0 Å². The Hall–Kier alpha value is -0.940. The number of carbonyl (C=O) groups excluding carboxylic acids is 2. The first kappa shape index (κ1) is 18.1. The van der Waals surface area contributed by atoms with Crippen LogP contribution < -0.4 is 0 Å². The molecule has 0 aliphatic carbocycles. The SMILES string of the molecule is CCOC(=O)C(C)(C)C(=O)CN1CC(C)(C)OC(C)(C)C1. The highest BCUT2D eigenvalue weighted by Crippen LogP contribution is 2.29. The van der Waals surface area contributed by atoms with Gasteiger partial charge >= 0.3 is 5.97 Å². The van der Waals surface area contributed by atoms with E-state index in [1.807, 2.05) is 27.7 Å². The second kappa shape index (κ2) is 6.05. The van der Waals surface area contributed by atoms with Crippen LogP contribution in [0.2, 0.25) is 0 Å². The van der Waals surface area contributed by atoms with Crippen LogP contribution >= 0.6 is 0 Å². The van der Waals surface area contributed by atoms with E-state index in [9.17, 15) is 9.59 Å². The molecule has 1 fully saturated rings. The Bertz CT molecular complexity index is 397. The zero-order valence-corrected chi connectivity index (χ0v) is 14.4. The zero-order chi connectivity index (χ0) is 16.5. The maximum atomic E-state index is 12.5. The van der Waals surface area contributed by atoms with Gasteiger partial charge in [0.1, 0.15) is 5.41 Å². The summed E-state index contributed by atoms with van der Waals surface area (Å²) in [7, 11) is 0. The lowest BCUT2D eigenvalue weighted by molar-refractivity contribution is -0.182. The smallest absolute Gasteiger partial charge is 0.319 e. The van der Waals surface area contributed by atoms with Crippen LogP contribution in [0.3, 0.4) is 0 Å². The lowest BCUT2D eigenvalue weighted by Gasteiger charge is -2.47. The lowest BCUT2D eigenvalue weighted by Crippen LogP contribution is -2.59. The fraction of sp³-hybridized carbons (Fsp3) is 0.875. The standard InChI is InChI=1S/C16H29NO4/c1-8-20-13(19)16(6,7)12(18)9-17-10-14(2,3)21-15(4,5)11-17/h8-11H2,1-7H3. The minimum Gasteiger partial charge on any atom is -0.465 e. The predicted molar refractivity (Wildman–Crippen MR) is 81.1 cm³/mol. The van der Waals surface area contributed by atoms with E-state index in [1.54, 1.807) is 20.8 Å².